The van der Waals surface area contributed by atoms with Crippen LogP contribution < -0.4 is 18.9 Å². The highest BCUT2D eigenvalue weighted by Crippen LogP contribution is 2.40. The van der Waals surface area contributed by atoms with Crippen LogP contribution in [-0.4, -0.2) is 19.4 Å². The third-order valence-electron chi connectivity index (χ3n) is 5.12. The van der Waals surface area contributed by atoms with E-state index < -0.39 is 0 Å². The van der Waals surface area contributed by atoms with Gasteiger partial charge in [0.1, 0.15) is 0 Å². The van der Waals surface area contributed by atoms with Crippen LogP contribution in [0.25, 0.3) is 12.2 Å². The van der Waals surface area contributed by atoms with Crippen molar-refractivity contribution >= 4 is 49.8 Å². The van der Waals surface area contributed by atoms with Crippen molar-refractivity contribution in [2.24, 2.45) is 0 Å². The number of hydrogen-bond acceptors (Lipinski definition) is 5. The summed E-state index contributed by atoms with van der Waals surface area (Å²) in [5.41, 5.74) is 3.39. The van der Waals surface area contributed by atoms with Gasteiger partial charge in [0.15, 0.2) is 28.8 Å². The number of Topliss-reactive ketones (excluding diaryl/α,β-unsaturated/α-hetero) is 1. The minimum Gasteiger partial charge on any atom is -0.454 e. The largest absolute Gasteiger partial charge is 0.454 e. The molecule has 0 N–H and O–H groups in total. The summed E-state index contributed by atoms with van der Waals surface area (Å²) in [7, 11) is 0. The van der Waals surface area contributed by atoms with Crippen molar-refractivity contribution in [3.8, 4) is 23.0 Å². The lowest BCUT2D eigenvalue weighted by atomic mass is 9.87. The number of fused-ring (bicyclic) bond motifs is 2. The van der Waals surface area contributed by atoms with E-state index >= 15 is 0 Å². The number of carbonyl (C=O) groups is 1. The molecule has 5 nitrogen and oxygen atoms in total. The summed E-state index contributed by atoms with van der Waals surface area (Å²) in [6.07, 6.45) is 6.30. The van der Waals surface area contributed by atoms with Gasteiger partial charge in [-0.3, -0.25) is 4.79 Å². The maximum Gasteiger partial charge on any atom is 0.231 e. The van der Waals surface area contributed by atoms with Crippen LogP contribution in [0.15, 0.2) is 44.4 Å². The zero-order chi connectivity index (χ0) is 20.0. The van der Waals surface area contributed by atoms with E-state index in [0.29, 0.717) is 23.0 Å². The van der Waals surface area contributed by atoms with E-state index in [1.807, 2.05) is 36.4 Å². The van der Waals surface area contributed by atoms with Crippen molar-refractivity contribution in [2.45, 2.75) is 19.3 Å². The zero-order valence-corrected chi connectivity index (χ0v) is 18.5. The molecule has 7 heteroatoms. The van der Waals surface area contributed by atoms with Crippen LogP contribution in [0, 0.1) is 0 Å². The van der Waals surface area contributed by atoms with Gasteiger partial charge in [-0.15, -0.1) is 0 Å². The van der Waals surface area contributed by atoms with Crippen LogP contribution in [-0.2, 0) is 4.79 Å². The second-order valence-corrected chi connectivity index (χ2v) is 8.68. The standard InChI is InChI=1S/C22H16Br2O5/c23-16-8-20-18(26-10-28-20)6-14(16)4-12-2-1-3-13(22(12)25)5-15-7-19-21(9-17(15)24)29-11-27-19/h4-9H,1-3,10-11H2/b12-4+,13-5+. The minimum absolute atomic E-state index is 0.0744. The smallest absolute Gasteiger partial charge is 0.231 e. The highest BCUT2D eigenvalue weighted by Gasteiger charge is 2.23. The molecule has 2 aromatic rings. The summed E-state index contributed by atoms with van der Waals surface area (Å²) in [6.45, 7) is 0.441. The van der Waals surface area contributed by atoms with Crippen LogP contribution in [0.3, 0.4) is 0 Å². The normalized spacial score (nSPS) is 20.0. The second-order valence-electron chi connectivity index (χ2n) is 6.98. The summed E-state index contributed by atoms with van der Waals surface area (Å²) in [6, 6.07) is 7.56. The first-order valence-electron chi connectivity index (χ1n) is 9.22. The topological polar surface area (TPSA) is 54.0 Å². The molecule has 5 rings (SSSR count). The van der Waals surface area contributed by atoms with Crippen molar-refractivity contribution in [2.75, 3.05) is 13.6 Å². The molecule has 148 valence electrons. The summed E-state index contributed by atoms with van der Waals surface area (Å²) in [5, 5.41) is 0. The predicted octanol–water partition coefficient (Wildman–Crippen LogP) is 5.89. The first-order valence-corrected chi connectivity index (χ1v) is 10.8. The van der Waals surface area contributed by atoms with Crippen LogP contribution in [0.1, 0.15) is 30.4 Å². The molecule has 1 aliphatic carbocycles. The molecule has 0 bridgehead atoms. The molecule has 0 radical (unpaired) electrons. The second kappa shape index (κ2) is 7.54. The molecule has 0 aromatic heterocycles. The Labute approximate surface area is 184 Å². The monoisotopic (exact) mass is 518 g/mol. The Morgan fingerprint density at radius 1 is 0.690 bits per heavy atom. The average molecular weight is 520 g/mol. The molecule has 2 aromatic carbocycles. The Kier molecular flexibility index (Phi) is 4.87. The molecule has 0 unspecified atom stereocenters. The van der Waals surface area contributed by atoms with Crippen molar-refractivity contribution in [3.05, 3.63) is 55.5 Å². The Balaban J connectivity index is 1.47. The molecule has 0 amide bonds. The number of hydrogen-bond donors (Lipinski definition) is 0. The molecular formula is C22H16Br2O5. The predicted molar refractivity (Wildman–Crippen MR) is 115 cm³/mol. The third kappa shape index (κ3) is 3.57. The first kappa shape index (κ1) is 18.8. The lowest BCUT2D eigenvalue weighted by Gasteiger charge is -2.17. The Bertz CT molecular complexity index is 1000. The quantitative estimate of drug-likeness (QED) is 0.463. The van der Waals surface area contributed by atoms with Gasteiger partial charge in [0.25, 0.3) is 0 Å². The fraction of sp³-hybridized carbons (Fsp3) is 0.227. The fourth-order valence-electron chi connectivity index (χ4n) is 3.64. The molecular weight excluding hydrogens is 504 g/mol. The van der Waals surface area contributed by atoms with Crippen LogP contribution >= 0.6 is 31.9 Å². The molecule has 0 saturated heterocycles. The molecule has 2 aliphatic heterocycles. The molecule has 2 heterocycles. The van der Waals surface area contributed by atoms with Crippen LogP contribution in [0.4, 0.5) is 0 Å². The van der Waals surface area contributed by atoms with Gasteiger partial charge in [-0.1, -0.05) is 31.9 Å². The molecule has 0 spiro atoms. The van der Waals surface area contributed by atoms with E-state index in [2.05, 4.69) is 31.9 Å². The van der Waals surface area contributed by atoms with Gasteiger partial charge in [0, 0.05) is 20.1 Å². The molecule has 3 aliphatic rings. The SMILES string of the molecule is O=C1/C(=C/c2cc3c(cc2Br)OCO3)CCC/C1=C\c1cc2c(cc1Br)OCO2. The van der Waals surface area contributed by atoms with E-state index in [1.54, 1.807) is 0 Å². The van der Waals surface area contributed by atoms with E-state index in [-0.39, 0.29) is 19.4 Å². The van der Waals surface area contributed by atoms with Crippen LogP contribution in [0.2, 0.25) is 0 Å². The van der Waals surface area contributed by atoms with E-state index in [0.717, 1.165) is 50.5 Å². The van der Waals surface area contributed by atoms with E-state index in [9.17, 15) is 4.79 Å². The fourth-order valence-corrected chi connectivity index (χ4v) is 4.51. The summed E-state index contributed by atoms with van der Waals surface area (Å²) in [5.74, 6) is 2.89. The number of rotatable bonds is 2. The van der Waals surface area contributed by atoms with Gasteiger partial charge >= 0.3 is 0 Å². The lowest BCUT2D eigenvalue weighted by Crippen LogP contribution is -2.12. The van der Waals surface area contributed by atoms with Gasteiger partial charge in [0.05, 0.1) is 0 Å². The number of carbonyl (C=O) groups excluding carboxylic acids is 1. The molecule has 0 atom stereocenters. The Morgan fingerprint density at radius 2 is 1.10 bits per heavy atom. The number of halogens is 2. The average Bonchev–Trinajstić information content (AvgIpc) is 3.34. The number of allylic oxidation sites excluding steroid dienone is 2. The molecule has 1 saturated carbocycles. The van der Waals surface area contributed by atoms with Gasteiger partial charge in [-0.25, -0.2) is 0 Å². The van der Waals surface area contributed by atoms with Crippen molar-refractivity contribution in [3.63, 3.8) is 0 Å². The molecule has 29 heavy (non-hydrogen) atoms. The summed E-state index contributed by atoms with van der Waals surface area (Å²) < 4.78 is 23.5. The molecule has 1 fully saturated rings. The maximum absolute atomic E-state index is 13.1. The van der Waals surface area contributed by atoms with Crippen molar-refractivity contribution in [1.82, 2.24) is 0 Å². The number of ether oxygens (including phenoxy) is 4. The maximum atomic E-state index is 13.1. The summed E-state index contributed by atoms with van der Waals surface area (Å²) >= 11 is 7.13. The first-order chi connectivity index (χ1) is 14.1. The van der Waals surface area contributed by atoms with Gasteiger partial charge in [-0.2, -0.15) is 0 Å². The summed E-state index contributed by atoms with van der Waals surface area (Å²) in [4.78, 5) is 13.1. The highest BCUT2D eigenvalue weighted by molar-refractivity contribution is 9.10. The third-order valence-corrected chi connectivity index (χ3v) is 6.49. The van der Waals surface area contributed by atoms with Crippen LogP contribution in [0.5, 0.6) is 23.0 Å². The van der Waals surface area contributed by atoms with Gasteiger partial charge in [-0.05, 0) is 66.8 Å². The number of ketones is 1. The Hall–Kier alpha value is -2.25. The Morgan fingerprint density at radius 3 is 1.55 bits per heavy atom. The minimum atomic E-state index is 0.0744. The van der Waals surface area contributed by atoms with Crippen molar-refractivity contribution < 1.29 is 23.7 Å². The zero-order valence-electron chi connectivity index (χ0n) is 15.3. The highest BCUT2D eigenvalue weighted by atomic mass is 79.9. The number of benzene rings is 2. The van der Waals surface area contributed by atoms with E-state index in [4.69, 9.17) is 18.9 Å². The van der Waals surface area contributed by atoms with Gasteiger partial charge in [0.2, 0.25) is 13.6 Å². The lowest BCUT2D eigenvalue weighted by molar-refractivity contribution is -0.112. The van der Waals surface area contributed by atoms with E-state index in [1.165, 1.54) is 0 Å². The van der Waals surface area contributed by atoms with Gasteiger partial charge < -0.3 is 18.9 Å². The van der Waals surface area contributed by atoms with Crippen molar-refractivity contribution in [1.29, 1.82) is 0 Å².